The highest BCUT2D eigenvalue weighted by atomic mass is 16.1. The summed E-state index contributed by atoms with van der Waals surface area (Å²) >= 11 is 0. The summed E-state index contributed by atoms with van der Waals surface area (Å²) in [5.41, 5.74) is 2.18. The zero-order chi connectivity index (χ0) is 15.2. The lowest BCUT2D eigenvalue weighted by Crippen LogP contribution is -2.27. The van der Waals surface area contributed by atoms with Crippen molar-refractivity contribution in [1.29, 1.82) is 5.26 Å². The highest BCUT2D eigenvalue weighted by Crippen LogP contribution is 2.26. The van der Waals surface area contributed by atoms with Crippen LogP contribution in [0.5, 0.6) is 0 Å². The van der Waals surface area contributed by atoms with Crippen molar-refractivity contribution in [2.24, 2.45) is 0 Å². The van der Waals surface area contributed by atoms with Crippen molar-refractivity contribution >= 4 is 12.1 Å². The van der Waals surface area contributed by atoms with Gasteiger partial charge in [0.05, 0.1) is 29.4 Å². The van der Waals surface area contributed by atoms with E-state index in [0.717, 1.165) is 17.8 Å². The number of anilines is 1. The van der Waals surface area contributed by atoms with Gasteiger partial charge >= 0.3 is 0 Å². The van der Waals surface area contributed by atoms with Gasteiger partial charge in [-0.15, -0.1) is 0 Å². The summed E-state index contributed by atoms with van der Waals surface area (Å²) in [5.74, 6) is 0.756. The van der Waals surface area contributed by atoms with Crippen molar-refractivity contribution in [2.45, 2.75) is 20.3 Å². The van der Waals surface area contributed by atoms with Crippen LogP contribution in [-0.4, -0.2) is 29.2 Å². The Kier molecular flexibility index (Phi) is 4.72. The molecule has 2 rings (SSSR count). The van der Waals surface area contributed by atoms with Gasteiger partial charge < -0.3 is 4.90 Å². The molecule has 0 N–H and O–H groups in total. The molecule has 1 aromatic heterocycles. The lowest BCUT2D eigenvalue weighted by molar-refractivity contribution is 0.112. The molecule has 0 saturated heterocycles. The van der Waals surface area contributed by atoms with E-state index in [4.69, 9.17) is 5.26 Å². The van der Waals surface area contributed by atoms with Crippen LogP contribution in [0.25, 0.3) is 5.69 Å². The van der Waals surface area contributed by atoms with Gasteiger partial charge in [-0.05, 0) is 26.0 Å². The Labute approximate surface area is 124 Å². The van der Waals surface area contributed by atoms with E-state index in [1.807, 2.05) is 49.1 Å². The van der Waals surface area contributed by atoms with E-state index >= 15 is 0 Å². The van der Waals surface area contributed by atoms with E-state index in [-0.39, 0.29) is 0 Å². The van der Waals surface area contributed by atoms with Crippen molar-refractivity contribution in [3.05, 3.63) is 41.6 Å². The maximum absolute atomic E-state index is 11.4. The van der Waals surface area contributed by atoms with E-state index in [0.29, 0.717) is 30.8 Å². The Morgan fingerprint density at radius 2 is 2.10 bits per heavy atom. The molecule has 0 bridgehead atoms. The topological polar surface area (TPSA) is 61.9 Å². The van der Waals surface area contributed by atoms with E-state index in [2.05, 4.69) is 11.2 Å². The zero-order valence-corrected chi connectivity index (χ0v) is 12.3. The number of benzene rings is 1. The second-order valence-corrected chi connectivity index (χ2v) is 4.68. The van der Waals surface area contributed by atoms with Crippen molar-refractivity contribution < 1.29 is 4.79 Å². The first-order valence-electron chi connectivity index (χ1n) is 6.95. The van der Waals surface area contributed by atoms with Crippen LogP contribution >= 0.6 is 0 Å². The zero-order valence-electron chi connectivity index (χ0n) is 12.3. The molecule has 5 nitrogen and oxygen atoms in total. The quantitative estimate of drug-likeness (QED) is 0.764. The fraction of sp³-hybridized carbons (Fsp3) is 0.312. The number of aromatic nitrogens is 2. The predicted octanol–water partition coefficient (Wildman–Crippen LogP) is 2.73. The van der Waals surface area contributed by atoms with Crippen molar-refractivity contribution in [1.82, 2.24) is 9.78 Å². The molecule has 2 aromatic rings. The molecule has 0 aliphatic carbocycles. The SMILES string of the molecule is CCN(CCC#N)c1c(C=O)c(C)nn1-c1ccccc1. The fourth-order valence-electron chi connectivity index (χ4n) is 2.32. The number of aldehydes is 1. The normalized spacial score (nSPS) is 10.1. The van der Waals surface area contributed by atoms with E-state index < -0.39 is 0 Å². The molecule has 0 fully saturated rings. The summed E-state index contributed by atoms with van der Waals surface area (Å²) in [7, 11) is 0. The lowest BCUT2D eigenvalue weighted by Gasteiger charge is -2.23. The minimum atomic E-state index is 0.408. The second kappa shape index (κ2) is 6.71. The molecule has 0 unspecified atom stereocenters. The number of carbonyl (C=O) groups is 1. The number of carbonyl (C=O) groups excluding carboxylic acids is 1. The number of para-hydroxylation sites is 1. The minimum Gasteiger partial charge on any atom is -0.355 e. The minimum absolute atomic E-state index is 0.408. The third-order valence-corrected chi connectivity index (χ3v) is 3.37. The maximum Gasteiger partial charge on any atom is 0.155 e. The first-order chi connectivity index (χ1) is 10.2. The maximum atomic E-state index is 11.4. The average Bonchev–Trinajstić information content (AvgIpc) is 2.86. The summed E-state index contributed by atoms with van der Waals surface area (Å²) in [5, 5.41) is 13.3. The first kappa shape index (κ1) is 14.8. The molecule has 108 valence electrons. The molecule has 0 radical (unpaired) electrons. The van der Waals surface area contributed by atoms with Gasteiger partial charge in [-0.1, -0.05) is 18.2 Å². The number of nitriles is 1. The molecule has 0 saturated carbocycles. The van der Waals surface area contributed by atoms with Crippen LogP contribution in [0.2, 0.25) is 0 Å². The fourth-order valence-corrected chi connectivity index (χ4v) is 2.32. The molecule has 5 heteroatoms. The summed E-state index contributed by atoms with van der Waals surface area (Å²) in [6.07, 6.45) is 1.25. The largest absolute Gasteiger partial charge is 0.355 e. The van der Waals surface area contributed by atoms with Gasteiger partial charge in [-0.3, -0.25) is 4.79 Å². The van der Waals surface area contributed by atoms with Gasteiger partial charge in [0.1, 0.15) is 5.82 Å². The predicted molar refractivity (Wildman–Crippen MR) is 81.8 cm³/mol. The summed E-state index contributed by atoms with van der Waals surface area (Å²) in [6, 6.07) is 11.8. The lowest BCUT2D eigenvalue weighted by atomic mass is 10.2. The summed E-state index contributed by atoms with van der Waals surface area (Å²) in [6.45, 7) is 5.11. The van der Waals surface area contributed by atoms with Crippen LogP contribution in [0.4, 0.5) is 5.82 Å². The average molecular weight is 282 g/mol. The highest BCUT2D eigenvalue weighted by molar-refractivity contribution is 5.85. The number of hydrogen-bond acceptors (Lipinski definition) is 4. The van der Waals surface area contributed by atoms with Gasteiger partial charge in [0.25, 0.3) is 0 Å². The van der Waals surface area contributed by atoms with Gasteiger partial charge in [0.15, 0.2) is 6.29 Å². The Balaban J connectivity index is 2.56. The molecule has 1 aromatic carbocycles. The van der Waals surface area contributed by atoms with Crippen molar-refractivity contribution in [2.75, 3.05) is 18.0 Å². The van der Waals surface area contributed by atoms with Crippen LogP contribution in [0, 0.1) is 18.3 Å². The van der Waals surface area contributed by atoms with E-state index in [1.54, 1.807) is 4.68 Å². The molecule has 0 amide bonds. The van der Waals surface area contributed by atoms with Crippen LogP contribution in [0.3, 0.4) is 0 Å². The van der Waals surface area contributed by atoms with E-state index in [9.17, 15) is 4.79 Å². The molecule has 0 spiro atoms. The number of nitrogens with zero attached hydrogens (tertiary/aromatic N) is 4. The molecule has 21 heavy (non-hydrogen) atoms. The monoisotopic (exact) mass is 282 g/mol. The number of aryl methyl sites for hydroxylation is 1. The van der Waals surface area contributed by atoms with Crippen LogP contribution in [0.15, 0.2) is 30.3 Å². The third-order valence-electron chi connectivity index (χ3n) is 3.37. The Morgan fingerprint density at radius 3 is 2.67 bits per heavy atom. The molecule has 0 atom stereocenters. The molecular formula is C16H18N4O. The first-order valence-corrected chi connectivity index (χ1v) is 6.95. The highest BCUT2D eigenvalue weighted by Gasteiger charge is 2.20. The van der Waals surface area contributed by atoms with Crippen molar-refractivity contribution in [3.8, 4) is 11.8 Å². The smallest absolute Gasteiger partial charge is 0.155 e. The van der Waals surface area contributed by atoms with Crippen LogP contribution < -0.4 is 4.90 Å². The van der Waals surface area contributed by atoms with Gasteiger partial charge in [-0.2, -0.15) is 10.4 Å². The number of hydrogen-bond donors (Lipinski definition) is 0. The Bertz CT molecular complexity index is 655. The number of rotatable bonds is 6. The molecule has 0 aliphatic rings. The third kappa shape index (κ3) is 2.95. The van der Waals surface area contributed by atoms with Crippen LogP contribution in [-0.2, 0) is 0 Å². The summed E-state index contributed by atoms with van der Waals surface area (Å²) in [4.78, 5) is 13.5. The Morgan fingerprint density at radius 1 is 1.38 bits per heavy atom. The second-order valence-electron chi connectivity index (χ2n) is 4.68. The standard InChI is InChI=1S/C16H18N4O/c1-3-19(11-7-10-17)16-15(12-21)13(2)18-20(16)14-8-5-4-6-9-14/h4-6,8-9,12H,3,7,11H2,1-2H3. The summed E-state index contributed by atoms with van der Waals surface area (Å²) < 4.78 is 1.78. The Hall–Kier alpha value is -2.61. The van der Waals surface area contributed by atoms with Gasteiger partial charge in [-0.25, -0.2) is 4.68 Å². The molecule has 0 aliphatic heterocycles. The van der Waals surface area contributed by atoms with Gasteiger partial charge in [0.2, 0.25) is 0 Å². The molecular weight excluding hydrogens is 264 g/mol. The van der Waals surface area contributed by atoms with Gasteiger partial charge in [0, 0.05) is 13.1 Å². The van der Waals surface area contributed by atoms with E-state index in [1.165, 1.54) is 0 Å². The van der Waals surface area contributed by atoms with Crippen molar-refractivity contribution in [3.63, 3.8) is 0 Å². The van der Waals surface area contributed by atoms with Crippen LogP contribution in [0.1, 0.15) is 29.4 Å². The molecule has 1 heterocycles.